The maximum Gasteiger partial charge on any atom is 0.240 e. The lowest BCUT2D eigenvalue weighted by atomic mass is 9.97. The summed E-state index contributed by atoms with van der Waals surface area (Å²) in [6.07, 6.45) is 0.830. The lowest BCUT2D eigenvalue weighted by Crippen LogP contribution is -2.48. The third kappa shape index (κ3) is 3.32. The van der Waals surface area contributed by atoms with Crippen molar-refractivity contribution in [2.75, 3.05) is 13.1 Å². The Balaban J connectivity index is 2.13. The highest BCUT2D eigenvalue weighted by Gasteiger charge is 2.26. The highest BCUT2D eigenvalue weighted by molar-refractivity contribution is 9.10. The number of piperidine rings is 1. The van der Waals surface area contributed by atoms with Crippen molar-refractivity contribution < 1.29 is 8.42 Å². The van der Waals surface area contributed by atoms with Crippen LogP contribution in [-0.4, -0.2) is 27.5 Å². The number of nitrogens with one attached hydrogen (secondary N) is 2. The van der Waals surface area contributed by atoms with Crippen LogP contribution in [0.15, 0.2) is 33.6 Å². The number of rotatable bonds is 3. The molecule has 1 heterocycles. The zero-order valence-corrected chi connectivity index (χ0v) is 12.6. The number of halogens is 1. The fourth-order valence-electron chi connectivity index (χ4n) is 2.07. The van der Waals surface area contributed by atoms with Gasteiger partial charge in [-0.2, -0.15) is 0 Å². The van der Waals surface area contributed by atoms with Crippen molar-refractivity contribution in [2.24, 2.45) is 5.92 Å². The van der Waals surface area contributed by atoms with Crippen molar-refractivity contribution in [1.82, 2.24) is 10.0 Å². The summed E-state index contributed by atoms with van der Waals surface area (Å²) in [5.41, 5.74) is 0. The third-order valence-electron chi connectivity index (χ3n) is 3.22. The van der Waals surface area contributed by atoms with Crippen molar-refractivity contribution in [3.8, 4) is 0 Å². The Morgan fingerprint density at radius 3 is 2.61 bits per heavy atom. The molecule has 1 aliphatic rings. The van der Waals surface area contributed by atoms with Gasteiger partial charge in [0.05, 0.1) is 4.90 Å². The minimum Gasteiger partial charge on any atom is -0.316 e. The molecule has 100 valence electrons. The first-order valence-electron chi connectivity index (χ1n) is 5.97. The summed E-state index contributed by atoms with van der Waals surface area (Å²) in [4.78, 5) is 0.316. The molecular weight excluding hydrogens is 316 g/mol. The van der Waals surface area contributed by atoms with E-state index in [4.69, 9.17) is 0 Å². The second-order valence-corrected chi connectivity index (χ2v) is 7.28. The van der Waals surface area contributed by atoms with Gasteiger partial charge in [0.25, 0.3) is 0 Å². The van der Waals surface area contributed by atoms with Crippen LogP contribution < -0.4 is 10.0 Å². The van der Waals surface area contributed by atoms with E-state index in [-0.39, 0.29) is 6.04 Å². The van der Waals surface area contributed by atoms with Gasteiger partial charge in [-0.25, -0.2) is 13.1 Å². The maximum absolute atomic E-state index is 12.2. The highest BCUT2D eigenvalue weighted by atomic mass is 79.9. The average Bonchev–Trinajstić information content (AvgIpc) is 2.32. The van der Waals surface area contributed by atoms with Gasteiger partial charge in [-0.3, -0.25) is 0 Å². The summed E-state index contributed by atoms with van der Waals surface area (Å²) in [5.74, 6) is 0.309. The lowest BCUT2D eigenvalue weighted by molar-refractivity contribution is 0.328. The fourth-order valence-corrected chi connectivity index (χ4v) is 3.71. The molecule has 0 saturated carbocycles. The maximum atomic E-state index is 12.2. The smallest absolute Gasteiger partial charge is 0.240 e. The predicted molar refractivity (Wildman–Crippen MR) is 74.9 cm³/mol. The van der Waals surface area contributed by atoms with E-state index >= 15 is 0 Å². The Labute approximate surface area is 116 Å². The van der Waals surface area contributed by atoms with E-state index in [0.29, 0.717) is 10.8 Å². The molecule has 0 radical (unpaired) electrons. The molecule has 2 N–H and O–H groups in total. The van der Waals surface area contributed by atoms with Crippen LogP contribution in [0.3, 0.4) is 0 Å². The SMILES string of the molecule is CC1CNCCC1NS(=O)(=O)c1ccc(Br)cc1. The third-order valence-corrected chi connectivity index (χ3v) is 5.25. The lowest BCUT2D eigenvalue weighted by Gasteiger charge is -2.29. The van der Waals surface area contributed by atoms with Gasteiger partial charge < -0.3 is 5.32 Å². The number of sulfonamides is 1. The van der Waals surface area contributed by atoms with Crippen molar-refractivity contribution in [2.45, 2.75) is 24.3 Å². The highest BCUT2D eigenvalue weighted by Crippen LogP contribution is 2.17. The summed E-state index contributed by atoms with van der Waals surface area (Å²) in [6.45, 7) is 3.77. The van der Waals surface area contributed by atoms with Gasteiger partial charge in [-0.15, -0.1) is 0 Å². The molecule has 0 aliphatic carbocycles. The van der Waals surface area contributed by atoms with Gasteiger partial charge in [0.15, 0.2) is 0 Å². The van der Waals surface area contributed by atoms with Crippen LogP contribution in [0.25, 0.3) is 0 Å². The number of hydrogen-bond donors (Lipinski definition) is 2. The quantitative estimate of drug-likeness (QED) is 0.886. The molecule has 6 heteroatoms. The fraction of sp³-hybridized carbons (Fsp3) is 0.500. The molecule has 1 fully saturated rings. The Kier molecular flexibility index (Phi) is 4.42. The van der Waals surface area contributed by atoms with Crippen LogP contribution in [0, 0.1) is 5.92 Å². The Hall–Kier alpha value is -0.430. The van der Waals surface area contributed by atoms with E-state index in [1.54, 1.807) is 24.3 Å². The summed E-state index contributed by atoms with van der Waals surface area (Å²) in [6, 6.07) is 6.71. The van der Waals surface area contributed by atoms with Gasteiger partial charge in [0.1, 0.15) is 0 Å². The molecule has 2 atom stereocenters. The van der Waals surface area contributed by atoms with Crippen LogP contribution in [-0.2, 0) is 10.0 Å². The molecule has 1 aromatic carbocycles. The van der Waals surface area contributed by atoms with Gasteiger partial charge in [-0.1, -0.05) is 22.9 Å². The van der Waals surface area contributed by atoms with Crippen molar-refractivity contribution in [3.63, 3.8) is 0 Å². The molecule has 1 aliphatic heterocycles. The predicted octanol–water partition coefficient (Wildman–Crippen LogP) is 1.73. The van der Waals surface area contributed by atoms with Crippen LogP contribution in [0.5, 0.6) is 0 Å². The zero-order valence-electron chi connectivity index (χ0n) is 10.2. The van der Waals surface area contributed by atoms with Crippen molar-refractivity contribution in [3.05, 3.63) is 28.7 Å². The zero-order chi connectivity index (χ0) is 13.2. The Morgan fingerprint density at radius 1 is 1.33 bits per heavy atom. The van der Waals surface area contributed by atoms with Gasteiger partial charge >= 0.3 is 0 Å². The van der Waals surface area contributed by atoms with E-state index in [1.807, 2.05) is 0 Å². The van der Waals surface area contributed by atoms with Gasteiger partial charge in [0, 0.05) is 10.5 Å². The number of hydrogen-bond acceptors (Lipinski definition) is 3. The Morgan fingerprint density at radius 2 is 2.00 bits per heavy atom. The second-order valence-electron chi connectivity index (χ2n) is 4.65. The summed E-state index contributed by atoms with van der Waals surface area (Å²) in [5, 5.41) is 3.26. The topological polar surface area (TPSA) is 58.2 Å². The first-order chi connectivity index (χ1) is 8.49. The summed E-state index contributed by atoms with van der Waals surface area (Å²) >= 11 is 3.30. The molecule has 0 bridgehead atoms. The van der Waals surface area contributed by atoms with E-state index in [9.17, 15) is 8.42 Å². The molecule has 0 aromatic heterocycles. The van der Waals surface area contributed by atoms with Crippen LogP contribution in [0.4, 0.5) is 0 Å². The summed E-state index contributed by atoms with van der Waals surface area (Å²) in [7, 11) is -3.41. The molecule has 1 saturated heterocycles. The Bertz CT molecular complexity index is 501. The molecule has 0 spiro atoms. The second kappa shape index (κ2) is 5.69. The van der Waals surface area contributed by atoms with E-state index < -0.39 is 10.0 Å². The van der Waals surface area contributed by atoms with Crippen LogP contribution >= 0.6 is 15.9 Å². The molecular formula is C12H17BrN2O2S. The normalized spacial score (nSPS) is 25.0. The summed E-state index contributed by atoms with van der Waals surface area (Å²) < 4.78 is 28.1. The minimum atomic E-state index is -3.41. The van der Waals surface area contributed by atoms with E-state index in [0.717, 1.165) is 24.0 Å². The first-order valence-corrected chi connectivity index (χ1v) is 8.25. The van der Waals surface area contributed by atoms with Crippen molar-refractivity contribution >= 4 is 26.0 Å². The number of benzene rings is 1. The average molecular weight is 333 g/mol. The molecule has 4 nitrogen and oxygen atoms in total. The first kappa shape index (κ1) is 14.0. The van der Waals surface area contributed by atoms with Crippen molar-refractivity contribution in [1.29, 1.82) is 0 Å². The molecule has 2 unspecified atom stereocenters. The molecule has 18 heavy (non-hydrogen) atoms. The van der Waals surface area contributed by atoms with Gasteiger partial charge in [0.2, 0.25) is 10.0 Å². The van der Waals surface area contributed by atoms with Crippen LogP contribution in [0.1, 0.15) is 13.3 Å². The van der Waals surface area contributed by atoms with E-state index in [1.165, 1.54) is 0 Å². The van der Waals surface area contributed by atoms with Crippen LogP contribution in [0.2, 0.25) is 0 Å². The monoisotopic (exact) mass is 332 g/mol. The molecule has 2 rings (SSSR count). The molecule has 1 aromatic rings. The largest absolute Gasteiger partial charge is 0.316 e. The minimum absolute atomic E-state index is 0.0138. The van der Waals surface area contributed by atoms with E-state index in [2.05, 4.69) is 32.9 Å². The van der Waals surface area contributed by atoms with Gasteiger partial charge in [-0.05, 0) is 49.7 Å². The molecule has 0 amide bonds. The standard InChI is InChI=1S/C12H17BrN2O2S/c1-9-8-14-7-6-12(9)15-18(16,17)11-4-2-10(13)3-5-11/h2-5,9,12,14-15H,6-8H2,1H3.